The maximum atomic E-state index is 5.78. The summed E-state index contributed by atoms with van der Waals surface area (Å²) >= 11 is 7.66. The third kappa shape index (κ3) is 2.71. The van der Waals surface area contributed by atoms with Crippen LogP contribution in [-0.4, -0.2) is 27.5 Å². The van der Waals surface area contributed by atoms with E-state index in [4.69, 9.17) is 17.3 Å². The number of thioether (sulfide) groups is 1. The van der Waals surface area contributed by atoms with E-state index >= 15 is 0 Å². The topological polar surface area (TPSA) is 63.8 Å². The lowest BCUT2D eigenvalue weighted by atomic mass is 10.2. The summed E-state index contributed by atoms with van der Waals surface area (Å²) in [5.41, 5.74) is 6.34. The van der Waals surface area contributed by atoms with Gasteiger partial charge in [0.15, 0.2) is 5.82 Å². The van der Waals surface area contributed by atoms with Gasteiger partial charge in [-0.25, -0.2) is 4.98 Å². The summed E-state index contributed by atoms with van der Waals surface area (Å²) in [5.74, 6) is 0.659. The number of halogens is 1. The molecular weight excluding hydrogens is 244 g/mol. The molecular formula is C10H15ClN4S. The molecule has 1 aliphatic carbocycles. The zero-order valence-corrected chi connectivity index (χ0v) is 10.7. The fraction of sp³-hybridized carbons (Fsp3) is 0.600. The van der Waals surface area contributed by atoms with Gasteiger partial charge in [-0.1, -0.05) is 0 Å². The summed E-state index contributed by atoms with van der Waals surface area (Å²) in [6.45, 7) is 0. The van der Waals surface area contributed by atoms with Crippen molar-refractivity contribution in [3.05, 3.63) is 11.5 Å². The number of rotatable bonds is 3. The predicted molar refractivity (Wildman–Crippen MR) is 70.0 cm³/mol. The maximum Gasteiger partial charge on any atom is 0.224 e. The molecule has 88 valence electrons. The van der Waals surface area contributed by atoms with Crippen LogP contribution in [0.25, 0.3) is 0 Å². The molecule has 6 heteroatoms. The summed E-state index contributed by atoms with van der Waals surface area (Å²) < 4.78 is 0. The lowest BCUT2D eigenvalue weighted by molar-refractivity contribution is 0.752. The zero-order chi connectivity index (χ0) is 11.5. The molecule has 2 rings (SSSR count). The third-order valence-corrected chi connectivity index (χ3v) is 4.12. The van der Waals surface area contributed by atoms with Crippen LogP contribution in [-0.2, 0) is 0 Å². The molecule has 0 spiro atoms. The number of nitrogen functional groups attached to an aromatic ring is 1. The molecule has 1 fully saturated rings. The summed E-state index contributed by atoms with van der Waals surface area (Å²) in [6.07, 6.45) is 7.26. The minimum Gasteiger partial charge on any atom is -0.394 e. The van der Waals surface area contributed by atoms with Crippen molar-refractivity contribution in [2.45, 2.75) is 30.6 Å². The highest BCUT2D eigenvalue weighted by Crippen LogP contribution is 2.30. The molecule has 16 heavy (non-hydrogen) atoms. The van der Waals surface area contributed by atoms with Gasteiger partial charge in [0, 0.05) is 11.3 Å². The van der Waals surface area contributed by atoms with E-state index in [2.05, 4.69) is 21.5 Å². The summed E-state index contributed by atoms with van der Waals surface area (Å²) in [6, 6.07) is 0.450. The number of nitrogens with zero attached hydrogens (tertiary/aromatic N) is 2. The molecule has 2 unspecified atom stereocenters. The second-order valence-corrected chi connectivity index (χ2v) is 5.43. The van der Waals surface area contributed by atoms with Crippen molar-refractivity contribution in [3.63, 3.8) is 0 Å². The van der Waals surface area contributed by atoms with Crippen molar-refractivity contribution in [3.8, 4) is 0 Å². The number of aromatic nitrogens is 2. The Morgan fingerprint density at radius 1 is 1.56 bits per heavy atom. The molecule has 1 saturated carbocycles. The van der Waals surface area contributed by atoms with Crippen LogP contribution in [0.5, 0.6) is 0 Å². The standard InChI is InChI=1S/C10H15ClN4S/c1-16-7-3-2-6(4-7)14-9-8(12)5-13-10(11)15-9/h5-7H,2-4,12H2,1H3,(H,13,14,15). The highest BCUT2D eigenvalue weighted by molar-refractivity contribution is 7.99. The highest BCUT2D eigenvalue weighted by Gasteiger charge is 2.24. The van der Waals surface area contributed by atoms with Gasteiger partial charge in [0.05, 0.1) is 11.9 Å². The van der Waals surface area contributed by atoms with E-state index in [1.165, 1.54) is 6.42 Å². The van der Waals surface area contributed by atoms with E-state index in [0.717, 1.165) is 18.1 Å². The third-order valence-electron chi connectivity index (χ3n) is 2.85. The average Bonchev–Trinajstić information content (AvgIpc) is 2.71. The largest absolute Gasteiger partial charge is 0.394 e. The second-order valence-electron chi connectivity index (χ2n) is 3.96. The molecule has 3 N–H and O–H groups in total. The SMILES string of the molecule is CSC1CCC(Nc2nc(Cl)ncc2N)C1. The first-order chi connectivity index (χ1) is 7.69. The van der Waals surface area contributed by atoms with Crippen LogP contribution in [0.4, 0.5) is 11.5 Å². The fourth-order valence-electron chi connectivity index (χ4n) is 1.96. The first-order valence-corrected chi connectivity index (χ1v) is 6.93. The summed E-state index contributed by atoms with van der Waals surface area (Å²) in [7, 11) is 0. The van der Waals surface area contributed by atoms with Crippen molar-refractivity contribution in [1.29, 1.82) is 0 Å². The molecule has 0 aromatic carbocycles. The Hall–Kier alpha value is -0.680. The van der Waals surface area contributed by atoms with Gasteiger partial charge in [0.25, 0.3) is 0 Å². The summed E-state index contributed by atoms with van der Waals surface area (Å²) in [5, 5.41) is 4.32. The van der Waals surface area contributed by atoms with Crippen molar-refractivity contribution in [2.24, 2.45) is 0 Å². The van der Waals surface area contributed by atoms with E-state index in [0.29, 0.717) is 17.5 Å². The first-order valence-electron chi connectivity index (χ1n) is 5.26. The van der Waals surface area contributed by atoms with E-state index < -0.39 is 0 Å². The summed E-state index contributed by atoms with van der Waals surface area (Å²) in [4.78, 5) is 7.93. The smallest absolute Gasteiger partial charge is 0.224 e. The van der Waals surface area contributed by atoms with Gasteiger partial charge in [-0.2, -0.15) is 16.7 Å². The predicted octanol–water partition coefficient (Wildman–Crippen LogP) is 2.41. The molecule has 0 saturated heterocycles. The van der Waals surface area contributed by atoms with E-state index in [1.807, 2.05) is 11.8 Å². The van der Waals surface area contributed by atoms with Crippen LogP contribution in [0.15, 0.2) is 6.20 Å². The van der Waals surface area contributed by atoms with Crippen molar-refractivity contribution in [1.82, 2.24) is 9.97 Å². The van der Waals surface area contributed by atoms with Gasteiger partial charge in [-0.15, -0.1) is 0 Å². The van der Waals surface area contributed by atoms with Crippen molar-refractivity contribution < 1.29 is 0 Å². The van der Waals surface area contributed by atoms with Crippen LogP contribution in [0, 0.1) is 0 Å². The molecule has 1 aromatic heterocycles. The maximum absolute atomic E-state index is 5.78. The lowest BCUT2D eigenvalue weighted by Gasteiger charge is -2.14. The first kappa shape index (κ1) is 11.8. The van der Waals surface area contributed by atoms with Gasteiger partial charge in [-0.05, 0) is 37.1 Å². The normalized spacial score (nSPS) is 24.6. The molecule has 1 aromatic rings. The number of anilines is 2. The Bertz CT molecular complexity index is 374. The van der Waals surface area contributed by atoms with Gasteiger partial charge >= 0.3 is 0 Å². The molecule has 1 heterocycles. The van der Waals surface area contributed by atoms with Crippen LogP contribution in [0.3, 0.4) is 0 Å². The number of nitrogens with two attached hydrogens (primary N) is 1. The lowest BCUT2D eigenvalue weighted by Crippen LogP contribution is -2.18. The monoisotopic (exact) mass is 258 g/mol. The van der Waals surface area contributed by atoms with Crippen LogP contribution in [0.1, 0.15) is 19.3 Å². The van der Waals surface area contributed by atoms with E-state index in [1.54, 1.807) is 6.20 Å². The van der Waals surface area contributed by atoms with Crippen LogP contribution >= 0.6 is 23.4 Å². The van der Waals surface area contributed by atoms with Crippen LogP contribution < -0.4 is 11.1 Å². The minimum absolute atomic E-state index is 0.233. The molecule has 0 radical (unpaired) electrons. The fourth-order valence-corrected chi connectivity index (χ4v) is 2.89. The van der Waals surface area contributed by atoms with Gasteiger partial charge in [0.2, 0.25) is 5.28 Å². The van der Waals surface area contributed by atoms with Crippen LogP contribution in [0.2, 0.25) is 5.28 Å². The van der Waals surface area contributed by atoms with Crippen molar-refractivity contribution >= 4 is 34.9 Å². The Morgan fingerprint density at radius 2 is 2.38 bits per heavy atom. The molecule has 2 atom stereocenters. The van der Waals surface area contributed by atoms with Gasteiger partial charge in [-0.3, -0.25) is 0 Å². The Morgan fingerprint density at radius 3 is 3.06 bits per heavy atom. The molecule has 1 aliphatic rings. The number of hydrogen-bond donors (Lipinski definition) is 2. The number of nitrogens with one attached hydrogen (secondary N) is 1. The van der Waals surface area contributed by atoms with Gasteiger partial charge in [0.1, 0.15) is 0 Å². The molecule has 0 amide bonds. The van der Waals surface area contributed by atoms with Crippen molar-refractivity contribution in [2.75, 3.05) is 17.3 Å². The minimum atomic E-state index is 0.233. The second kappa shape index (κ2) is 5.10. The highest BCUT2D eigenvalue weighted by atomic mass is 35.5. The molecule has 0 bridgehead atoms. The van der Waals surface area contributed by atoms with Gasteiger partial charge < -0.3 is 11.1 Å². The Balaban J connectivity index is 2.01. The quantitative estimate of drug-likeness (QED) is 0.816. The Labute approximate surface area is 104 Å². The average molecular weight is 259 g/mol. The Kier molecular flexibility index (Phi) is 3.76. The molecule has 4 nitrogen and oxygen atoms in total. The number of hydrogen-bond acceptors (Lipinski definition) is 5. The molecule has 0 aliphatic heterocycles. The van der Waals surface area contributed by atoms with E-state index in [-0.39, 0.29) is 5.28 Å². The van der Waals surface area contributed by atoms with E-state index in [9.17, 15) is 0 Å². The zero-order valence-electron chi connectivity index (χ0n) is 9.11.